The summed E-state index contributed by atoms with van der Waals surface area (Å²) in [5.41, 5.74) is 0.575. The van der Waals surface area contributed by atoms with Gasteiger partial charge in [-0.3, -0.25) is 0 Å². The van der Waals surface area contributed by atoms with Gasteiger partial charge in [0.15, 0.2) is 0 Å². The minimum Gasteiger partial charge on any atom is -0.489 e. The Hall–Kier alpha value is -1.01. The Morgan fingerprint density at radius 2 is 2.00 bits per heavy atom. The average Bonchev–Trinajstić information content (AvgIpc) is 2.18. The van der Waals surface area contributed by atoms with E-state index in [1.54, 1.807) is 6.07 Å². The van der Waals surface area contributed by atoms with E-state index in [2.05, 4.69) is 35.8 Å². The monoisotopic (exact) mass is 267 g/mol. The lowest BCUT2D eigenvalue weighted by Crippen LogP contribution is -2.19. The Morgan fingerprint density at radius 3 is 2.53 bits per heavy atom. The summed E-state index contributed by atoms with van der Waals surface area (Å²) in [7, 11) is 0. The molecule has 0 amide bonds. The summed E-state index contributed by atoms with van der Waals surface area (Å²) in [4.78, 5) is 0. The first-order chi connectivity index (χ1) is 7.04. The summed E-state index contributed by atoms with van der Waals surface area (Å²) in [5, 5.41) is 8.92. The number of benzene rings is 1. The molecule has 0 aliphatic rings. The van der Waals surface area contributed by atoms with E-state index in [1.807, 2.05) is 19.1 Å². The van der Waals surface area contributed by atoms with Gasteiger partial charge >= 0.3 is 0 Å². The van der Waals surface area contributed by atoms with Gasteiger partial charge in [-0.1, -0.05) is 29.8 Å². The molecule has 0 spiro atoms. The zero-order valence-electron chi connectivity index (χ0n) is 9.12. The Kier molecular flexibility index (Phi) is 4.16. The predicted molar refractivity (Wildman–Crippen MR) is 63.8 cm³/mol. The van der Waals surface area contributed by atoms with Crippen LogP contribution in [0.15, 0.2) is 22.7 Å². The largest absolute Gasteiger partial charge is 0.489 e. The van der Waals surface area contributed by atoms with Gasteiger partial charge in [0.2, 0.25) is 0 Å². The summed E-state index contributed by atoms with van der Waals surface area (Å²) in [6.45, 7) is 6.19. The molecule has 3 heteroatoms. The zero-order chi connectivity index (χ0) is 11.4. The second kappa shape index (κ2) is 5.18. The quantitative estimate of drug-likeness (QED) is 0.836. The molecular formula is C12H14BrNO. The van der Waals surface area contributed by atoms with Crippen molar-refractivity contribution in [3.8, 4) is 11.8 Å². The molecule has 0 aliphatic carbocycles. The van der Waals surface area contributed by atoms with E-state index < -0.39 is 0 Å². The topological polar surface area (TPSA) is 33.0 Å². The van der Waals surface area contributed by atoms with Crippen molar-refractivity contribution in [2.45, 2.75) is 26.9 Å². The van der Waals surface area contributed by atoms with Crippen LogP contribution >= 0.6 is 15.9 Å². The van der Waals surface area contributed by atoms with E-state index in [9.17, 15) is 0 Å². The highest BCUT2D eigenvalue weighted by atomic mass is 79.9. The molecule has 1 aromatic rings. The third kappa shape index (κ3) is 3.24. The standard InChI is InChI=1S/C12H14BrNO/c1-8(2)9(3)15-12-6-11(13)5-4-10(12)7-14/h4-6,8-9H,1-3H3. The van der Waals surface area contributed by atoms with Crippen molar-refractivity contribution in [1.82, 2.24) is 0 Å². The number of rotatable bonds is 3. The zero-order valence-corrected chi connectivity index (χ0v) is 10.7. The summed E-state index contributed by atoms with van der Waals surface area (Å²) >= 11 is 3.36. The lowest BCUT2D eigenvalue weighted by Gasteiger charge is -2.18. The summed E-state index contributed by atoms with van der Waals surface area (Å²) in [6.07, 6.45) is 0.103. The Morgan fingerprint density at radius 1 is 1.33 bits per heavy atom. The molecule has 0 saturated heterocycles. The molecule has 0 radical (unpaired) electrons. The molecule has 0 aromatic heterocycles. The van der Waals surface area contributed by atoms with Crippen molar-refractivity contribution in [1.29, 1.82) is 5.26 Å². The van der Waals surface area contributed by atoms with Crippen LogP contribution in [0.25, 0.3) is 0 Å². The maximum atomic E-state index is 8.92. The highest BCUT2D eigenvalue weighted by Gasteiger charge is 2.11. The lowest BCUT2D eigenvalue weighted by atomic mass is 10.1. The number of nitriles is 1. The minimum absolute atomic E-state index is 0.103. The van der Waals surface area contributed by atoms with Crippen LogP contribution in [0.4, 0.5) is 0 Å². The molecule has 15 heavy (non-hydrogen) atoms. The Balaban J connectivity index is 2.93. The second-order valence-electron chi connectivity index (χ2n) is 3.82. The van der Waals surface area contributed by atoms with Gasteiger partial charge in [0.1, 0.15) is 11.8 Å². The van der Waals surface area contributed by atoms with E-state index in [1.165, 1.54) is 0 Å². The molecule has 2 nitrogen and oxygen atoms in total. The first kappa shape index (κ1) is 12.1. The van der Waals surface area contributed by atoms with Gasteiger partial charge in [0.05, 0.1) is 11.7 Å². The third-order valence-electron chi connectivity index (χ3n) is 2.32. The van der Waals surface area contributed by atoms with Crippen LogP contribution in [0.1, 0.15) is 26.3 Å². The lowest BCUT2D eigenvalue weighted by molar-refractivity contribution is 0.170. The first-order valence-electron chi connectivity index (χ1n) is 4.91. The molecule has 0 N–H and O–H groups in total. The van der Waals surface area contributed by atoms with Gasteiger partial charge in [-0.15, -0.1) is 0 Å². The van der Waals surface area contributed by atoms with E-state index >= 15 is 0 Å². The molecule has 1 unspecified atom stereocenters. The van der Waals surface area contributed by atoms with Crippen molar-refractivity contribution in [2.24, 2.45) is 5.92 Å². The van der Waals surface area contributed by atoms with Crippen LogP contribution in [0.2, 0.25) is 0 Å². The van der Waals surface area contributed by atoms with Crippen LogP contribution in [0.3, 0.4) is 0 Å². The molecule has 0 aliphatic heterocycles. The minimum atomic E-state index is 0.103. The van der Waals surface area contributed by atoms with Crippen LogP contribution in [0, 0.1) is 17.2 Å². The van der Waals surface area contributed by atoms with Crippen LogP contribution in [-0.2, 0) is 0 Å². The smallest absolute Gasteiger partial charge is 0.138 e. The van der Waals surface area contributed by atoms with Gasteiger partial charge in [-0.2, -0.15) is 5.26 Å². The van der Waals surface area contributed by atoms with E-state index in [-0.39, 0.29) is 6.10 Å². The molecule has 0 fully saturated rings. The van der Waals surface area contributed by atoms with Gasteiger partial charge in [-0.25, -0.2) is 0 Å². The van der Waals surface area contributed by atoms with Crippen LogP contribution in [-0.4, -0.2) is 6.10 Å². The van der Waals surface area contributed by atoms with Crippen molar-refractivity contribution < 1.29 is 4.74 Å². The highest BCUT2D eigenvalue weighted by molar-refractivity contribution is 9.10. The summed E-state index contributed by atoms with van der Waals surface area (Å²) in [5.74, 6) is 1.07. The van der Waals surface area contributed by atoms with Crippen molar-refractivity contribution in [3.05, 3.63) is 28.2 Å². The summed E-state index contributed by atoms with van der Waals surface area (Å²) < 4.78 is 6.65. The van der Waals surface area contributed by atoms with Crippen molar-refractivity contribution in [3.63, 3.8) is 0 Å². The van der Waals surface area contributed by atoms with Gasteiger partial charge < -0.3 is 4.74 Å². The molecule has 1 aromatic carbocycles. The fourth-order valence-corrected chi connectivity index (χ4v) is 1.36. The predicted octanol–water partition coefficient (Wildman–Crippen LogP) is 3.74. The number of hydrogen-bond acceptors (Lipinski definition) is 2. The Labute approximate surface area is 99.0 Å². The van der Waals surface area contributed by atoms with E-state index in [0.29, 0.717) is 17.2 Å². The number of hydrogen-bond donors (Lipinski definition) is 0. The van der Waals surface area contributed by atoms with Crippen molar-refractivity contribution in [2.75, 3.05) is 0 Å². The molecule has 0 saturated carbocycles. The maximum absolute atomic E-state index is 8.92. The second-order valence-corrected chi connectivity index (χ2v) is 4.73. The van der Waals surface area contributed by atoms with E-state index in [0.717, 1.165) is 4.47 Å². The number of nitrogens with zero attached hydrogens (tertiary/aromatic N) is 1. The highest BCUT2D eigenvalue weighted by Crippen LogP contribution is 2.25. The maximum Gasteiger partial charge on any atom is 0.138 e. The van der Waals surface area contributed by atoms with Gasteiger partial charge in [0.25, 0.3) is 0 Å². The molecule has 1 rings (SSSR count). The Bertz CT molecular complexity index is 382. The summed E-state index contributed by atoms with van der Waals surface area (Å²) in [6, 6.07) is 7.55. The third-order valence-corrected chi connectivity index (χ3v) is 2.81. The van der Waals surface area contributed by atoms with Crippen LogP contribution in [0.5, 0.6) is 5.75 Å². The fraction of sp³-hybridized carbons (Fsp3) is 0.417. The molecule has 80 valence electrons. The van der Waals surface area contributed by atoms with E-state index in [4.69, 9.17) is 10.00 Å². The first-order valence-corrected chi connectivity index (χ1v) is 5.70. The number of halogens is 1. The van der Waals surface area contributed by atoms with Crippen molar-refractivity contribution >= 4 is 15.9 Å². The number of ether oxygens (including phenoxy) is 1. The molecule has 1 atom stereocenters. The fourth-order valence-electron chi connectivity index (χ4n) is 1.02. The SMILES string of the molecule is CC(C)C(C)Oc1cc(Br)ccc1C#N. The molecule has 0 bridgehead atoms. The van der Waals surface area contributed by atoms with Gasteiger partial charge in [-0.05, 0) is 31.0 Å². The van der Waals surface area contributed by atoms with Gasteiger partial charge in [0, 0.05) is 4.47 Å². The molecule has 0 heterocycles. The molecular weight excluding hydrogens is 254 g/mol. The van der Waals surface area contributed by atoms with Crippen LogP contribution < -0.4 is 4.74 Å². The normalized spacial score (nSPS) is 12.3. The average molecular weight is 268 g/mol.